The predicted octanol–water partition coefficient (Wildman–Crippen LogP) is 1.08. The van der Waals surface area contributed by atoms with Gasteiger partial charge in [0.1, 0.15) is 18.0 Å². The number of anilines is 1. The van der Waals surface area contributed by atoms with Crippen molar-refractivity contribution in [1.82, 2.24) is 20.2 Å². The zero-order chi connectivity index (χ0) is 30.2. The number of alkyl halides is 2. The van der Waals surface area contributed by atoms with Gasteiger partial charge in [-0.2, -0.15) is 13.8 Å². The SMILES string of the molecule is CC(=O)NCCCC[C@H](NC(=O)C12CC3CC(CC(C3)C1)C2)C(=O)Nc1ccn([C@@H]2O[C@H](CO)[C@@H](O)C2(F)F)c(=O)n1. The highest BCUT2D eigenvalue weighted by molar-refractivity contribution is 5.97. The minimum absolute atomic E-state index is 0.135. The minimum atomic E-state index is -3.87. The molecule has 1 aromatic heterocycles. The standard InChI is InChI=1S/C28H39F2N5O7/c1-15(37)31-6-3-2-4-19(32-24(40)27-11-16-8-17(12-27)10-18(9-16)13-27)23(39)33-21-5-7-35(26(41)34-21)25-28(29,30)22(38)20(14-36)42-25/h5,7,16-20,22,25,36,38H,2-4,6,8-14H2,1H3,(H,31,37)(H,32,40)(H,33,34,39,41)/t16?,17?,18?,19-,20+,22+,25+,27?/m0/s1. The number of aliphatic hydroxyl groups is 2. The number of carbonyl (C=O) groups excluding carboxylic acids is 3. The first-order valence-corrected chi connectivity index (χ1v) is 14.7. The van der Waals surface area contributed by atoms with E-state index in [9.17, 15) is 38.2 Å². The van der Waals surface area contributed by atoms with Crippen LogP contribution in [0.5, 0.6) is 0 Å². The molecule has 5 fully saturated rings. The van der Waals surface area contributed by atoms with Gasteiger partial charge in [-0.15, -0.1) is 0 Å². The molecule has 0 aromatic carbocycles. The molecule has 6 rings (SSSR count). The van der Waals surface area contributed by atoms with Gasteiger partial charge in [-0.1, -0.05) is 0 Å². The Morgan fingerprint density at radius 1 is 1.14 bits per heavy atom. The highest BCUT2D eigenvalue weighted by Crippen LogP contribution is 2.60. The lowest BCUT2D eigenvalue weighted by atomic mass is 9.49. The van der Waals surface area contributed by atoms with Crippen LogP contribution in [0.1, 0.15) is 70.9 Å². The smallest absolute Gasteiger partial charge is 0.351 e. The molecule has 4 bridgehead atoms. The Morgan fingerprint density at radius 2 is 1.79 bits per heavy atom. The van der Waals surface area contributed by atoms with Crippen molar-refractivity contribution < 1.29 is 38.1 Å². The van der Waals surface area contributed by atoms with Crippen molar-refractivity contribution in [1.29, 1.82) is 0 Å². The average Bonchev–Trinajstić information content (AvgIpc) is 3.14. The fourth-order valence-electron chi connectivity index (χ4n) is 7.70. The van der Waals surface area contributed by atoms with Crippen molar-refractivity contribution in [2.24, 2.45) is 23.2 Å². The molecule has 1 aliphatic heterocycles. The number of nitrogens with zero attached hydrogens (tertiary/aromatic N) is 2. The molecule has 1 aromatic rings. The van der Waals surface area contributed by atoms with E-state index in [1.165, 1.54) is 6.92 Å². The van der Waals surface area contributed by atoms with Gasteiger partial charge in [-0.25, -0.2) is 4.79 Å². The molecule has 0 radical (unpaired) electrons. The fraction of sp³-hybridized carbons (Fsp3) is 0.750. The first-order chi connectivity index (χ1) is 19.9. The average molecular weight is 596 g/mol. The number of hydrogen-bond donors (Lipinski definition) is 5. The minimum Gasteiger partial charge on any atom is -0.394 e. The lowest BCUT2D eigenvalue weighted by Gasteiger charge is -2.55. The summed E-state index contributed by atoms with van der Waals surface area (Å²) < 4.78 is 34.5. The molecule has 12 nitrogen and oxygen atoms in total. The number of aliphatic hydroxyl groups excluding tert-OH is 2. The van der Waals surface area contributed by atoms with E-state index < -0.39 is 54.0 Å². The number of ether oxygens (including phenoxy) is 1. The molecule has 5 N–H and O–H groups in total. The van der Waals surface area contributed by atoms with Crippen molar-refractivity contribution >= 4 is 23.5 Å². The van der Waals surface area contributed by atoms with E-state index in [0.717, 1.165) is 50.8 Å². The normalized spacial score (nSPS) is 33.3. The van der Waals surface area contributed by atoms with Gasteiger partial charge in [0.05, 0.1) is 6.61 Å². The van der Waals surface area contributed by atoms with Crippen LogP contribution in [-0.4, -0.2) is 74.8 Å². The first-order valence-electron chi connectivity index (χ1n) is 14.7. The second-order valence-corrected chi connectivity index (χ2v) is 12.5. The molecule has 14 heteroatoms. The van der Waals surface area contributed by atoms with Crippen LogP contribution < -0.4 is 21.6 Å². The number of halogens is 2. The van der Waals surface area contributed by atoms with Crippen LogP contribution in [0.25, 0.3) is 0 Å². The molecule has 4 atom stereocenters. The predicted molar refractivity (Wildman–Crippen MR) is 144 cm³/mol. The first kappa shape index (κ1) is 30.5. The van der Waals surface area contributed by atoms with Gasteiger partial charge in [-0.3, -0.25) is 19.0 Å². The Labute approximate surface area is 241 Å². The number of nitrogens with one attached hydrogen (secondary N) is 3. The Kier molecular flexibility index (Phi) is 8.68. The van der Waals surface area contributed by atoms with E-state index in [1.807, 2.05) is 0 Å². The summed E-state index contributed by atoms with van der Waals surface area (Å²) in [6.45, 7) is 0.965. The number of hydrogen-bond acceptors (Lipinski definition) is 8. The molecule has 5 aliphatic rings. The van der Waals surface area contributed by atoms with E-state index in [0.29, 0.717) is 41.7 Å². The van der Waals surface area contributed by atoms with Crippen LogP contribution in [0.2, 0.25) is 0 Å². The van der Waals surface area contributed by atoms with Gasteiger partial charge in [0.15, 0.2) is 6.10 Å². The van der Waals surface area contributed by atoms with E-state index >= 15 is 0 Å². The maximum Gasteiger partial charge on any atom is 0.351 e. The van der Waals surface area contributed by atoms with Crippen LogP contribution >= 0.6 is 0 Å². The topological polar surface area (TPSA) is 172 Å². The Hall–Kier alpha value is -2.97. The summed E-state index contributed by atoms with van der Waals surface area (Å²) in [5.41, 5.74) is -1.64. The summed E-state index contributed by atoms with van der Waals surface area (Å²) in [5, 5.41) is 27.2. The quantitative estimate of drug-likeness (QED) is 0.237. The Balaban J connectivity index is 1.28. The number of rotatable bonds is 11. The van der Waals surface area contributed by atoms with Crippen LogP contribution in [0.15, 0.2) is 17.1 Å². The summed E-state index contributed by atoms with van der Waals surface area (Å²) in [4.78, 5) is 54.6. The molecular formula is C28H39F2N5O7. The number of carbonyl (C=O) groups is 3. The van der Waals surface area contributed by atoms with Crippen molar-refractivity contribution in [3.8, 4) is 0 Å². The molecule has 0 spiro atoms. The highest BCUT2D eigenvalue weighted by Gasteiger charge is 2.59. The van der Waals surface area contributed by atoms with Crippen molar-refractivity contribution in [3.63, 3.8) is 0 Å². The molecule has 42 heavy (non-hydrogen) atoms. The summed E-state index contributed by atoms with van der Waals surface area (Å²) in [6, 6.07) is 0.210. The monoisotopic (exact) mass is 595 g/mol. The van der Waals surface area contributed by atoms with Crippen molar-refractivity contribution in [3.05, 3.63) is 22.7 Å². The fourth-order valence-corrected chi connectivity index (χ4v) is 7.70. The third kappa shape index (κ3) is 6.06. The number of unbranched alkanes of at least 4 members (excludes halogenated alkanes) is 1. The van der Waals surface area contributed by atoms with Gasteiger partial charge in [-0.05, 0) is 81.6 Å². The van der Waals surface area contributed by atoms with Gasteiger partial charge in [0.2, 0.25) is 23.9 Å². The maximum atomic E-state index is 14.5. The summed E-state index contributed by atoms with van der Waals surface area (Å²) in [7, 11) is 0. The van der Waals surface area contributed by atoms with Crippen molar-refractivity contribution in [2.75, 3.05) is 18.5 Å². The van der Waals surface area contributed by atoms with Gasteiger partial charge in [0.25, 0.3) is 0 Å². The van der Waals surface area contributed by atoms with E-state index in [1.54, 1.807) is 0 Å². The van der Waals surface area contributed by atoms with E-state index in [-0.39, 0.29) is 24.1 Å². The third-order valence-corrected chi connectivity index (χ3v) is 9.33. The summed E-state index contributed by atoms with van der Waals surface area (Å²) >= 11 is 0. The van der Waals surface area contributed by atoms with Crippen LogP contribution in [0.3, 0.4) is 0 Å². The molecule has 2 heterocycles. The molecule has 4 saturated carbocycles. The van der Waals surface area contributed by atoms with Crippen LogP contribution in [-0.2, 0) is 19.1 Å². The zero-order valence-corrected chi connectivity index (χ0v) is 23.6. The van der Waals surface area contributed by atoms with Crippen LogP contribution in [0, 0.1) is 23.2 Å². The summed E-state index contributed by atoms with van der Waals surface area (Å²) in [6.07, 6.45) is 2.21. The second kappa shape index (κ2) is 12.0. The second-order valence-electron chi connectivity index (χ2n) is 12.5. The molecule has 0 unspecified atom stereocenters. The summed E-state index contributed by atoms with van der Waals surface area (Å²) in [5.74, 6) is -3.36. The molecule has 3 amide bonds. The van der Waals surface area contributed by atoms with Crippen LogP contribution in [0.4, 0.5) is 14.6 Å². The largest absolute Gasteiger partial charge is 0.394 e. The molecule has 1 saturated heterocycles. The highest BCUT2D eigenvalue weighted by atomic mass is 19.3. The van der Waals surface area contributed by atoms with E-state index in [2.05, 4.69) is 20.9 Å². The zero-order valence-electron chi connectivity index (χ0n) is 23.6. The molecule has 232 valence electrons. The lowest BCUT2D eigenvalue weighted by Crippen LogP contribution is -2.56. The maximum absolute atomic E-state index is 14.5. The van der Waals surface area contributed by atoms with Crippen molar-refractivity contribution in [2.45, 2.75) is 95.1 Å². The number of aromatic nitrogens is 2. The van der Waals surface area contributed by atoms with Gasteiger partial charge in [0, 0.05) is 25.1 Å². The third-order valence-electron chi connectivity index (χ3n) is 9.33. The number of amides is 3. The Morgan fingerprint density at radius 3 is 2.33 bits per heavy atom. The van der Waals surface area contributed by atoms with Gasteiger partial charge >= 0.3 is 11.6 Å². The van der Waals surface area contributed by atoms with E-state index in [4.69, 9.17) is 4.74 Å². The Bertz CT molecular complexity index is 1220. The lowest BCUT2D eigenvalue weighted by molar-refractivity contribution is -0.148. The molecular weight excluding hydrogens is 556 g/mol. The van der Waals surface area contributed by atoms with Gasteiger partial charge < -0.3 is 30.9 Å². The molecule has 4 aliphatic carbocycles.